The van der Waals surface area contributed by atoms with Crippen molar-refractivity contribution in [3.63, 3.8) is 0 Å². The summed E-state index contributed by atoms with van der Waals surface area (Å²) >= 11 is 0. The van der Waals surface area contributed by atoms with Gasteiger partial charge in [-0.25, -0.2) is 0 Å². The lowest BCUT2D eigenvalue weighted by molar-refractivity contribution is -0.288. The third kappa shape index (κ3) is 6.03. The summed E-state index contributed by atoms with van der Waals surface area (Å²) in [6.07, 6.45) is -12.4. The van der Waals surface area contributed by atoms with Crippen LogP contribution in [0.15, 0.2) is 36.4 Å². The Balaban J connectivity index is 1.32. The molecule has 2 saturated carbocycles. The first-order valence-electron chi connectivity index (χ1n) is 15.8. The highest BCUT2D eigenvalue weighted by atomic mass is 19.4. The zero-order chi connectivity index (χ0) is 37.2. The highest BCUT2D eigenvalue weighted by Crippen LogP contribution is 2.57. The normalized spacial score (nSPS) is 26.5. The van der Waals surface area contributed by atoms with Crippen molar-refractivity contribution in [3.8, 4) is 11.5 Å². The number of amides is 2. The standard InChI is InChI=1S/C33H28F6N2O10/c34-32(35,36)31(33(37,38)39,15-3-7-23(42)21(11-15)40-25(44)13-1-5-17-19(9-13)29(48)50-27(17)46)16-4-8-24(43)22(12-16)41-26(45)14-2-6-18-20(10-14)30(49)51-28(18)47/h3-4,7-8,11-14,17-20,42-43H,1-2,5-6,9-10H2,(H,40,44)(H,41,45). The SMILES string of the molecule is O=C(Nc1cc(C(c2ccc(O)c(NC(=O)C3CCC4C(=O)OC(=O)C4C3)c2)(C(F)(F)F)C(F)(F)F)ccc1O)C1CCC2C(=O)OC(=O)C2C1. The molecule has 2 aliphatic carbocycles. The third-order valence-electron chi connectivity index (χ3n) is 10.3. The average Bonchev–Trinajstić information content (AvgIpc) is 3.50. The fourth-order valence-electron chi connectivity index (χ4n) is 7.59. The number of alkyl halides is 6. The number of ether oxygens (including phenoxy) is 2. The van der Waals surface area contributed by atoms with Crippen LogP contribution in [0.4, 0.5) is 37.7 Å². The van der Waals surface area contributed by atoms with Gasteiger partial charge in [0.2, 0.25) is 17.2 Å². The Labute approximate surface area is 283 Å². The lowest BCUT2D eigenvalue weighted by Gasteiger charge is -2.39. The van der Waals surface area contributed by atoms with Crippen molar-refractivity contribution >= 4 is 47.1 Å². The van der Waals surface area contributed by atoms with Crippen LogP contribution in [0.1, 0.15) is 49.7 Å². The molecule has 2 saturated heterocycles. The van der Waals surface area contributed by atoms with Gasteiger partial charge in [-0.3, -0.25) is 28.8 Å². The maximum Gasteiger partial charge on any atom is 0.411 e. The van der Waals surface area contributed by atoms with Crippen molar-refractivity contribution in [2.45, 2.75) is 56.3 Å². The molecule has 272 valence electrons. The molecule has 2 heterocycles. The maximum absolute atomic E-state index is 15.0. The molecular formula is C33H28F6N2O10. The molecule has 2 aromatic carbocycles. The number of hydrogen-bond acceptors (Lipinski definition) is 10. The van der Waals surface area contributed by atoms with E-state index in [1.807, 2.05) is 0 Å². The predicted octanol–water partition coefficient (Wildman–Crippen LogP) is 4.62. The molecule has 0 bridgehead atoms. The van der Waals surface area contributed by atoms with Crippen LogP contribution < -0.4 is 10.6 Å². The van der Waals surface area contributed by atoms with E-state index in [2.05, 4.69) is 20.1 Å². The van der Waals surface area contributed by atoms with Gasteiger partial charge in [0.1, 0.15) is 11.5 Å². The number of halogens is 6. The number of fused-ring (bicyclic) bond motifs is 2. The second kappa shape index (κ2) is 12.6. The Morgan fingerprint density at radius 1 is 0.588 bits per heavy atom. The Kier molecular flexibility index (Phi) is 8.78. The largest absolute Gasteiger partial charge is 0.506 e. The summed E-state index contributed by atoms with van der Waals surface area (Å²) in [5.41, 5.74) is -9.45. The molecule has 0 aromatic heterocycles. The first-order chi connectivity index (χ1) is 23.8. The number of esters is 4. The van der Waals surface area contributed by atoms with Crippen LogP contribution in [-0.2, 0) is 43.7 Å². The van der Waals surface area contributed by atoms with Crippen molar-refractivity contribution < 1.29 is 74.8 Å². The molecule has 4 N–H and O–H groups in total. The van der Waals surface area contributed by atoms with E-state index >= 15 is 26.3 Å². The van der Waals surface area contributed by atoms with Crippen molar-refractivity contribution in [2.24, 2.45) is 35.5 Å². The van der Waals surface area contributed by atoms with E-state index in [-0.39, 0.29) is 38.5 Å². The van der Waals surface area contributed by atoms with Crippen LogP contribution in [0.25, 0.3) is 0 Å². The number of carbonyl (C=O) groups excluding carboxylic acids is 6. The summed E-state index contributed by atoms with van der Waals surface area (Å²) in [6.45, 7) is 0. The minimum Gasteiger partial charge on any atom is -0.506 e. The predicted molar refractivity (Wildman–Crippen MR) is 157 cm³/mol. The molecule has 51 heavy (non-hydrogen) atoms. The van der Waals surface area contributed by atoms with Gasteiger partial charge < -0.3 is 30.3 Å². The Hall–Kier alpha value is -5.16. The second-order valence-electron chi connectivity index (χ2n) is 13.1. The number of hydrogen-bond donors (Lipinski definition) is 4. The first kappa shape index (κ1) is 35.7. The van der Waals surface area contributed by atoms with E-state index in [9.17, 15) is 39.0 Å². The maximum atomic E-state index is 15.0. The zero-order valence-electron chi connectivity index (χ0n) is 26.1. The molecule has 2 amide bonds. The summed E-state index contributed by atoms with van der Waals surface area (Å²) in [5.74, 6) is -12.3. The Morgan fingerprint density at radius 3 is 1.29 bits per heavy atom. The average molecular weight is 727 g/mol. The number of rotatable bonds is 6. The molecule has 6 rings (SSSR count). The summed E-state index contributed by atoms with van der Waals surface area (Å²) in [4.78, 5) is 74.0. The zero-order valence-corrected chi connectivity index (χ0v) is 26.1. The monoisotopic (exact) mass is 726 g/mol. The molecule has 2 aliphatic heterocycles. The van der Waals surface area contributed by atoms with E-state index in [0.717, 1.165) is 0 Å². The molecule has 0 radical (unpaired) electrons. The quantitative estimate of drug-likeness (QED) is 0.142. The molecule has 4 fully saturated rings. The number of carbonyl (C=O) groups is 6. The minimum atomic E-state index is -6.15. The van der Waals surface area contributed by atoms with Crippen molar-refractivity contribution in [2.75, 3.05) is 10.6 Å². The van der Waals surface area contributed by atoms with Gasteiger partial charge in [0.15, 0.2) is 0 Å². The van der Waals surface area contributed by atoms with E-state index in [0.29, 0.717) is 36.4 Å². The van der Waals surface area contributed by atoms with Gasteiger partial charge in [-0.1, -0.05) is 12.1 Å². The van der Waals surface area contributed by atoms with E-state index in [1.54, 1.807) is 0 Å². The lowest BCUT2D eigenvalue weighted by Crippen LogP contribution is -2.54. The molecule has 18 heteroatoms. The Bertz CT molecular complexity index is 1710. The molecule has 6 unspecified atom stereocenters. The second-order valence-corrected chi connectivity index (χ2v) is 13.1. The number of cyclic esters (lactones) is 4. The summed E-state index contributed by atoms with van der Waals surface area (Å²) in [5, 5.41) is 25.1. The van der Waals surface area contributed by atoms with Gasteiger partial charge in [-0.05, 0) is 73.9 Å². The number of anilines is 2. The van der Waals surface area contributed by atoms with Gasteiger partial charge in [0.05, 0.1) is 35.0 Å². The first-order valence-corrected chi connectivity index (χ1v) is 15.8. The number of phenolic OH excluding ortho intramolecular Hbond substituents is 2. The lowest BCUT2D eigenvalue weighted by atomic mass is 9.72. The van der Waals surface area contributed by atoms with Crippen LogP contribution in [0.3, 0.4) is 0 Å². The van der Waals surface area contributed by atoms with Gasteiger partial charge in [-0.15, -0.1) is 0 Å². The number of benzene rings is 2. The van der Waals surface area contributed by atoms with Gasteiger partial charge >= 0.3 is 36.2 Å². The highest BCUT2D eigenvalue weighted by Gasteiger charge is 2.72. The molecule has 0 spiro atoms. The van der Waals surface area contributed by atoms with Gasteiger partial charge in [0.25, 0.3) is 0 Å². The summed E-state index contributed by atoms with van der Waals surface area (Å²) in [7, 11) is 0. The molecular weight excluding hydrogens is 698 g/mol. The molecule has 12 nitrogen and oxygen atoms in total. The van der Waals surface area contributed by atoms with E-state index in [1.165, 1.54) is 0 Å². The van der Waals surface area contributed by atoms with Crippen LogP contribution in [0.2, 0.25) is 0 Å². The molecule has 4 aliphatic rings. The number of nitrogens with one attached hydrogen (secondary N) is 2. The fraction of sp³-hybridized carbons (Fsp3) is 0.455. The van der Waals surface area contributed by atoms with Crippen LogP contribution in [0, 0.1) is 35.5 Å². The minimum absolute atomic E-state index is 0.0389. The van der Waals surface area contributed by atoms with E-state index < -0.39 is 123 Å². The van der Waals surface area contributed by atoms with Gasteiger partial charge in [-0.2, -0.15) is 26.3 Å². The number of phenols is 2. The molecule has 2 aromatic rings. The summed E-state index contributed by atoms with van der Waals surface area (Å²) in [6, 6.07) is 2.39. The van der Waals surface area contributed by atoms with Crippen LogP contribution in [-0.4, -0.2) is 58.3 Å². The fourth-order valence-corrected chi connectivity index (χ4v) is 7.59. The highest BCUT2D eigenvalue weighted by molar-refractivity contribution is 6.00. The van der Waals surface area contributed by atoms with Crippen molar-refractivity contribution in [1.82, 2.24) is 0 Å². The third-order valence-corrected chi connectivity index (χ3v) is 10.3. The van der Waals surface area contributed by atoms with Gasteiger partial charge in [0, 0.05) is 11.8 Å². The van der Waals surface area contributed by atoms with Crippen molar-refractivity contribution in [3.05, 3.63) is 47.5 Å². The van der Waals surface area contributed by atoms with Crippen LogP contribution in [0.5, 0.6) is 11.5 Å². The van der Waals surface area contributed by atoms with Crippen molar-refractivity contribution in [1.29, 1.82) is 0 Å². The summed E-state index contributed by atoms with van der Waals surface area (Å²) < 4.78 is 99.4. The molecule has 6 atom stereocenters. The van der Waals surface area contributed by atoms with E-state index in [4.69, 9.17) is 0 Å². The topological polar surface area (TPSA) is 185 Å². The number of aromatic hydroxyl groups is 2. The van der Waals surface area contributed by atoms with Crippen LogP contribution >= 0.6 is 0 Å². The Morgan fingerprint density at radius 2 is 0.941 bits per heavy atom. The smallest absolute Gasteiger partial charge is 0.411 e.